The minimum absolute atomic E-state index is 0.0805. The van der Waals surface area contributed by atoms with E-state index in [0.717, 1.165) is 46.5 Å². The van der Waals surface area contributed by atoms with Crippen molar-refractivity contribution < 1.29 is 32.6 Å². The largest absolute Gasteiger partial charge is 0.490 e. The van der Waals surface area contributed by atoms with E-state index in [-0.39, 0.29) is 43.0 Å². The molecule has 0 unspecified atom stereocenters. The van der Waals surface area contributed by atoms with E-state index in [1.807, 2.05) is 42.7 Å². The molecule has 0 radical (unpaired) electrons. The van der Waals surface area contributed by atoms with Gasteiger partial charge in [0.1, 0.15) is 22.2 Å². The zero-order valence-corrected chi connectivity index (χ0v) is 33.5. The average Bonchev–Trinajstić information content (AvgIpc) is 4.00. The second-order valence-electron chi connectivity index (χ2n) is 16.6. The van der Waals surface area contributed by atoms with Crippen molar-refractivity contribution >= 4 is 49.9 Å². The zero-order valence-electron chi connectivity index (χ0n) is 31.9. The van der Waals surface area contributed by atoms with Crippen LogP contribution in [0.5, 0.6) is 5.75 Å². The van der Waals surface area contributed by atoms with Crippen molar-refractivity contribution in [3.8, 4) is 16.5 Å². The molecule has 0 saturated heterocycles. The molecule has 3 heterocycles. The smallest absolute Gasteiger partial charge is 0.240 e. The number of aryl methyl sites for hydroxylation is 1. The second-order valence-corrected chi connectivity index (χ2v) is 19.6. The third-order valence-corrected chi connectivity index (χ3v) is 15.4. The number of Topliss-reactive ketones (excluding diaryl/α,β-unsaturated/α-hetero) is 1. The highest BCUT2D eigenvalue weighted by Crippen LogP contribution is 2.58. The van der Waals surface area contributed by atoms with Gasteiger partial charge >= 0.3 is 0 Å². The highest BCUT2D eigenvalue weighted by Gasteiger charge is 2.62. The van der Waals surface area contributed by atoms with E-state index < -0.39 is 44.0 Å². The number of sulfonamides is 1. The molecule has 5 atom stereocenters. The number of aliphatic hydroxyl groups is 1. The minimum atomic E-state index is -3.90. The normalized spacial score (nSPS) is 27.9. The van der Waals surface area contributed by atoms with Crippen molar-refractivity contribution in [1.29, 1.82) is 0 Å². The lowest BCUT2D eigenvalue weighted by Gasteiger charge is -2.37. The number of carbonyl (C=O) groups excluding carboxylic acids is 3. The van der Waals surface area contributed by atoms with Gasteiger partial charge in [0.15, 0.2) is 0 Å². The van der Waals surface area contributed by atoms with Crippen LogP contribution in [0.2, 0.25) is 0 Å². The quantitative estimate of drug-likeness (QED) is 0.241. The van der Waals surface area contributed by atoms with E-state index in [9.17, 15) is 27.9 Å². The Hall–Kier alpha value is -3.68. The van der Waals surface area contributed by atoms with Crippen LogP contribution in [0.1, 0.15) is 108 Å². The van der Waals surface area contributed by atoms with Crippen LogP contribution in [0.3, 0.4) is 0 Å². The fraction of sp³-hybridized carbons (Fsp3) is 0.585. The number of hydrogen-bond donors (Lipinski definition) is 2. The standard InChI is InChI=1S/C41H52N4O7S2/c1-24(2)33-23-53-37(43-33)32-19-35(30-13-11-26(22-46)25(3)36(30)42-32)52-28-12-14-29-31(18-28)34(47)21-41(39(49)44-54(50,51)40(4)15-16-40)20-27(41)10-8-6-7-9-17-45(5)38(29)48/h8,10-11,13,19,23-24,27-29,31,46H,6-7,9,12,14-18,20-22H2,1-5H3,(H,44,49)/b10-8-/t27-,28+,29-,31-,41-/m1/s1. The van der Waals surface area contributed by atoms with Gasteiger partial charge in [-0.05, 0) is 101 Å². The maximum Gasteiger partial charge on any atom is 0.240 e. The van der Waals surface area contributed by atoms with Gasteiger partial charge in [0.05, 0.1) is 34.1 Å². The van der Waals surface area contributed by atoms with E-state index in [1.54, 1.807) is 18.9 Å². The van der Waals surface area contributed by atoms with Crippen LogP contribution in [0.4, 0.5) is 0 Å². The number of nitrogens with one attached hydrogen (secondary N) is 1. The van der Waals surface area contributed by atoms with Gasteiger partial charge in [0, 0.05) is 48.7 Å². The molecule has 290 valence electrons. The number of rotatable bonds is 8. The van der Waals surface area contributed by atoms with Crippen LogP contribution in [0.15, 0.2) is 35.7 Å². The van der Waals surface area contributed by atoms with Crippen LogP contribution < -0.4 is 9.46 Å². The molecule has 2 amide bonds. The van der Waals surface area contributed by atoms with Crippen LogP contribution >= 0.6 is 11.3 Å². The lowest BCUT2D eigenvalue weighted by molar-refractivity contribution is -0.144. The van der Waals surface area contributed by atoms with E-state index >= 15 is 0 Å². The summed E-state index contributed by atoms with van der Waals surface area (Å²) in [5, 5.41) is 13.6. The molecule has 1 aromatic carbocycles. The molecule has 3 aromatic rings. The van der Waals surface area contributed by atoms with E-state index in [2.05, 4.69) is 18.6 Å². The molecule has 7 rings (SSSR count). The molecular weight excluding hydrogens is 725 g/mol. The molecule has 13 heteroatoms. The highest BCUT2D eigenvalue weighted by molar-refractivity contribution is 7.91. The molecule has 54 heavy (non-hydrogen) atoms. The summed E-state index contributed by atoms with van der Waals surface area (Å²) < 4.78 is 34.6. The first kappa shape index (κ1) is 38.6. The van der Waals surface area contributed by atoms with Gasteiger partial charge in [-0.1, -0.05) is 32.1 Å². The van der Waals surface area contributed by atoms with Gasteiger partial charge < -0.3 is 14.7 Å². The third kappa shape index (κ3) is 7.35. The summed E-state index contributed by atoms with van der Waals surface area (Å²) in [4.78, 5) is 54.1. The Labute approximate surface area is 322 Å². The fourth-order valence-corrected chi connectivity index (χ4v) is 10.5. The summed E-state index contributed by atoms with van der Waals surface area (Å²) >= 11 is 1.51. The van der Waals surface area contributed by atoms with Crippen molar-refractivity contribution in [2.75, 3.05) is 13.6 Å². The molecule has 2 N–H and O–H groups in total. The molecule has 4 aliphatic rings. The number of hydrogen-bond acceptors (Lipinski definition) is 10. The number of allylic oxidation sites excluding steroid dienone is 2. The summed E-state index contributed by atoms with van der Waals surface area (Å²) in [6.45, 7) is 8.21. The summed E-state index contributed by atoms with van der Waals surface area (Å²) in [7, 11) is -2.11. The van der Waals surface area contributed by atoms with E-state index in [0.29, 0.717) is 55.6 Å². The molecule has 3 aliphatic carbocycles. The Morgan fingerprint density at radius 2 is 1.93 bits per heavy atom. The highest BCUT2D eigenvalue weighted by atomic mass is 32.2. The molecule has 0 spiro atoms. The van der Waals surface area contributed by atoms with Crippen molar-refractivity contribution in [2.45, 2.75) is 115 Å². The maximum absolute atomic E-state index is 14.6. The number of fused-ring (bicyclic) bond motifs is 3. The lowest BCUT2D eigenvalue weighted by atomic mass is 9.72. The summed E-state index contributed by atoms with van der Waals surface area (Å²) in [6.07, 6.45) is 8.53. The monoisotopic (exact) mass is 776 g/mol. The summed E-state index contributed by atoms with van der Waals surface area (Å²) in [6, 6.07) is 5.66. The third-order valence-electron chi connectivity index (χ3n) is 12.4. The van der Waals surface area contributed by atoms with Crippen LogP contribution in [0, 0.1) is 30.1 Å². The van der Waals surface area contributed by atoms with Gasteiger partial charge in [-0.15, -0.1) is 11.3 Å². The predicted octanol–water partition coefficient (Wildman–Crippen LogP) is 6.61. The molecule has 0 bridgehead atoms. The van der Waals surface area contributed by atoms with Crippen molar-refractivity contribution in [3.05, 3.63) is 52.6 Å². The van der Waals surface area contributed by atoms with Crippen molar-refractivity contribution in [3.63, 3.8) is 0 Å². The number of aromatic nitrogens is 2. The van der Waals surface area contributed by atoms with E-state index in [1.165, 1.54) is 11.3 Å². The topological polar surface area (TPSA) is 156 Å². The first-order valence-electron chi connectivity index (χ1n) is 19.3. The van der Waals surface area contributed by atoms with Crippen molar-refractivity contribution in [2.24, 2.45) is 23.2 Å². The summed E-state index contributed by atoms with van der Waals surface area (Å²) in [5.74, 6) is -1.61. The van der Waals surface area contributed by atoms with Gasteiger partial charge in [-0.3, -0.25) is 19.1 Å². The number of nitrogens with zero attached hydrogens (tertiary/aromatic N) is 3. The molecule has 3 fully saturated rings. The first-order chi connectivity index (χ1) is 25.7. The SMILES string of the molecule is Cc1c(CO)ccc2c(O[C@H]3CC[C@H]4C(=O)N(C)CCCC/C=C\[C@@H]5C[C@@]5(C(=O)NS(=O)(=O)C5(C)CC5)CC(=O)[C@@H]4C3)cc(-c3nc(C(C)C)cs3)nc12. The molecule has 3 saturated carbocycles. The molecular formula is C41H52N4O7S2. The Bertz CT molecular complexity index is 2110. The van der Waals surface area contributed by atoms with Crippen molar-refractivity contribution in [1.82, 2.24) is 19.6 Å². The van der Waals surface area contributed by atoms with Gasteiger partial charge in [0.2, 0.25) is 21.8 Å². The number of thiazole rings is 1. The van der Waals surface area contributed by atoms with Crippen LogP contribution in [0.25, 0.3) is 21.6 Å². The number of benzene rings is 1. The second kappa shape index (κ2) is 14.8. The Morgan fingerprint density at radius 1 is 1.15 bits per heavy atom. The number of carbonyl (C=O) groups is 3. The number of amides is 2. The number of aliphatic hydroxyl groups excluding tert-OH is 1. The van der Waals surface area contributed by atoms with Crippen LogP contribution in [-0.2, 0) is 31.0 Å². The number of pyridine rings is 1. The van der Waals surface area contributed by atoms with Gasteiger partial charge in [-0.2, -0.15) is 0 Å². The molecule has 11 nitrogen and oxygen atoms in total. The average molecular weight is 777 g/mol. The minimum Gasteiger partial charge on any atom is -0.490 e. The lowest BCUT2D eigenvalue weighted by Crippen LogP contribution is -2.47. The number of ether oxygens (including phenoxy) is 1. The van der Waals surface area contributed by atoms with Gasteiger partial charge in [-0.25, -0.2) is 18.4 Å². The Balaban J connectivity index is 1.21. The molecule has 1 aliphatic heterocycles. The van der Waals surface area contributed by atoms with Gasteiger partial charge in [0.25, 0.3) is 0 Å². The van der Waals surface area contributed by atoms with Crippen LogP contribution in [-0.4, -0.2) is 70.4 Å². The summed E-state index contributed by atoms with van der Waals surface area (Å²) in [5.41, 5.74) is 2.76. The fourth-order valence-electron chi connectivity index (χ4n) is 8.19. The zero-order chi connectivity index (χ0) is 38.6. The first-order valence-corrected chi connectivity index (χ1v) is 21.7. The Kier molecular flexibility index (Phi) is 10.5. The predicted molar refractivity (Wildman–Crippen MR) is 208 cm³/mol. The maximum atomic E-state index is 14.6. The number of ketones is 1. The Morgan fingerprint density at radius 3 is 2.63 bits per heavy atom. The molecule has 2 aromatic heterocycles. The van der Waals surface area contributed by atoms with E-state index in [4.69, 9.17) is 14.7 Å².